The van der Waals surface area contributed by atoms with Crippen LogP contribution in [0.5, 0.6) is 5.75 Å². The molecule has 0 saturated heterocycles. The number of amides is 1. The molecule has 4 heteroatoms. The third kappa shape index (κ3) is 1.90. The normalized spacial score (nSPS) is 30.6. The average molecular weight is 271 g/mol. The average Bonchev–Trinajstić information content (AvgIpc) is 3.13. The van der Waals surface area contributed by atoms with Crippen molar-refractivity contribution in [2.24, 2.45) is 17.8 Å². The fourth-order valence-corrected chi connectivity index (χ4v) is 3.57. The number of hydrogen-bond acceptors (Lipinski definition) is 3. The van der Waals surface area contributed by atoms with Gasteiger partial charge in [-0.15, -0.1) is 0 Å². The van der Waals surface area contributed by atoms with E-state index < -0.39 is 0 Å². The Morgan fingerprint density at radius 1 is 1.20 bits per heavy atom. The van der Waals surface area contributed by atoms with Gasteiger partial charge in [-0.1, -0.05) is 0 Å². The maximum Gasteiger partial charge on any atom is 0.255 e. The molecule has 104 valence electrons. The standard InChI is InChI=1S/C16H17NO3/c18-15(12-6-10-5-11(10)7-12)9-1-2-14-13(8-9)16(19)17-3-4-20-14/h1-2,8,10-12H,3-7H2,(H,17,19). The lowest BCUT2D eigenvalue weighted by Crippen LogP contribution is -2.24. The molecular weight excluding hydrogens is 254 g/mol. The Kier molecular flexibility index (Phi) is 2.59. The summed E-state index contributed by atoms with van der Waals surface area (Å²) in [5.74, 6) is 2.35. The first-order valence-electron chi connectivity index (χ1n) is 7.31. The van der Waals surface area contributed by atoms with E-state index in [0.717, 1.165) is 24.7 Å². The van der Waals surface area contributed by atoms with Crippen LogP contribution in [0.3, 0.4) is 0 Å². The summed E-state index contributed by atoms with van der Waals surface area (Å²) in [5, 5.41) is 2.78. The van der Waals surface area contributed by atoms with E-state index in [0.29, 0.717) is 30.0 Å². The van der Waals surface area contributed by atoms with Gasteiger partial charge in [-0.3, -0.25) is 9.59 Å². The van der Waals surface area contributed by atoms with Crippen molar-refractivity contribution in [1.82, 2.24) is 5.32 Å². The second-order valence-electron chi connectivity index (χ2n) is 6.10. The molecule has 2 saturated carbocycles. The van der Waals surface area contributed by atoms with Crippen molar-refractivity contribution in [1.29, 1.82) is 0 Å². The largest absolute Gasteiger partial charge is 0.491 e. The smallest absolute Gasteiger partial charge is 0.255 e. The Bertz CT molecular complexity index is 585. The monoisotopic (exact) mass is 271 g/mol. The zero-order valence-corrected chi connectivity index (χ0v) is 11.2. The van der Waals surface area contributed by atoms with Gasteiger partial charge in [0, 0.05) is 11.5 Å². The molecule has 4 nitrogen and oxygen atoms in total. The molecule has 0 bridgehead atoms. The highest BCUT2D eigenvalue weighted by molar-refractivity contribution is 6.03. The van der Waals surface area contributed by atoms with Gasteiger partial charge in [-0.05, 0) is 49.3 Å². The summed E-state index contributed by atoms with van der Waals surface area (Å²) in [6, 6.07) is 5.25. The topological polar surface area (TPSA) is 55.4 Å². The van der Waals surface area contributed by atoms with Crippen LogP contribution in [0, 0.1) is 17.8 Å². The van der Waals surface area contributed by atoms with Crippen LogP contribution in [0.1, 0.15) is 40.0 Å². The summed E-state index contributed by atoms with van der Waals surface area (Å²) in [6.45, 7) is 0.973. The fourth-order valence-electron chi connectivity index (χ4n) is 3.57. The van der Waals surface area contributed by atoms with Crippen LogP contribution in [0.4, 0.5) is 0 Å². The maximum absolute atomic E-state index is 12.5. The maximum atomic E-state index is 12.5. The Morgan fingerprint density at radius 3 is 2.80 bits per heavy atom. The van der Waals surface area contributed by atoms with E-state index in [9.17, 15) is 9.59 Å². The van der Waals surface area contributed by atoms with Crippen LogP contribution < -0.4 is 10.1 Å². The van der Waals surface area contributed by atoms with Gasteiger partial charge in [0.25, 0.3) is 5.91 Å². The molecule has 1 aromatic carbocycles. The van der Waals surface area contributed by atoms with E-state index >= 15 is 0 Å². The molecule has 1 aromatic rings. The summed E-state index contributed by atoms with van der Waals surface area (Å²) in [6.07, 6.45) is 3.37. The molecule has 0 radical (unpaired) electrons. The molecule has 3 aliphatic rings. The van der Waals surface area contributed by atoms with E-state index in [1.165, 1.54) is 6.42 Å². The van der Waals surface area contributed by atoms with Crippen molar-refractivity contribution in [3.8, 4) is 5.75 Å². The van der Waals surface area contributed by atoms with E-state index in [-0.39, 0.29) is 17.6 Å². The Labute approximate surface area is 117 Å². The number of ether oxygens (including phenoxy) is 1. The minimum Gasteiger partial charge on any atom is -0.491 e. The van der Waals surface area contributed by atoms with Crippen LogP contribution >= 0.6 is 0 Å². The number of benzene rings is 1. The molecule has 2 unspecified atom stereocenters. The first kappa shape index (κ1) is 11.9. The second kappa shape index (κ2) is 4.33. The van der Waals surface area contributed by atoms with Gasteiger partial charge in [0.15, 0.2) is 5.78 Å². The highest BCUT2D eigenvalue weighted by Gasteiger charge is 2.48. The highest BCUT2D eigenvalue weighted by Crippen LogP contribution is 2.55. The SMILES string of the molecule is O=C1NCCOc2ccc(C(=O)C3CC4CC4C3)cc21. The number of nitrogens with one attached hydrogen (secondary N) is 1. The minimum absolute atomic E-state index is 0.151. The van der Waals surface area contributed by atoms with Gasteiger partial charge < -0.3 is 10.1 Å². The van der Waals surface area contributed by atoms with Crippen molar-refractivity contribution in [2.75, 3.05) is 13.2 Å². The van der Waals surface area contributed by atoms with Crippen molar-refractivity contribution in [3.05, 3.63) is 29.3 Å². The lowest BCUT2D eigenvalue weighted by Gasteiger charge is -2.12. The molecule has 20 heavy (non-hydrogen) atoms. The predicted octanol–water partition coefficient (Wildman–Crippen LogP) is 2.04. The van der Waals surface area contributed by atoms with Crippen molar-refractivity contribution in [3.63, 3.8) is 0 Å². The predicted molar refractivity (Wildman–Crippen MR) is 72.9 cm³/mol. The molecule has 0 spiro atoms. The van der Waals surface area contributed by atoms with E-state index in [1.807, 2.05) is 0 Å². The van der Waals surface area contributed by atoms with Gasteiger partial charge in [0.05, 0.1) is 12.1 Å². The summed E-state index contributed by atoms with van der Waals surface area (Å²) >= 11 is 0. The molecule has 4 rings (SSSR count). The summed E-state index contributed by atoms with van der Waals surface area (Å²) in [4.78, 5) is 24.5. The number of fused-ring (bicyclic) bond motifs is 2. The van der Waals surface area contributed by atoms with Crippen LogP contribution in [0.25, 0.3) is 0 Å². The third-order valence-corrected chi connectivity index (χ3v) is 4.77. The van der Waals surface area contributed by atoms with Crippen LogP contribution in [-0.4, -0.2) is 24.8 Å². The molecular formula is C16H17NO3. The second-order valence-corrected chi connectivity index (χ2v) is 6.10. The number of carbonyl (C=O) groups is 2. The zero-order chi connectivity index (χ0) is 13.7. The Morgan fingerprint density at radius 2 is 2.00 bits per heavy atom. The van der Waals surface area contributed by atoms with Crippen LogP contribution in [0.2, 0.25) is 0 Å². The van der Waals surface area contributed by atoms with Gasteiger partial charge in [-0.25, -0.2) is 0 Å². The van der Waals surface area contributed by atoms with E-state index in [4.69, 9.17) is 4.74 Å². The van der Waals surface area contributed by atoms with Gasteiger partial charge in [-0.2, -0.15) is 0 Å². The number of rotatable bonds is 2. The van der Waals surface area contributed by atoms with Gasteiger partial charge in [0.2, 0.25) is 0 Å². The zero-order valence-electron chi connectivity index (χ0n) is 11.2. The summed E-state index contributed by atoms with van der Waals surface area (Å²) in [5.41, 5.74) is 1.13. The highest BCUT2D eigenvalue weighted by atomic mass is 16.5. The number of ketones is 1. The summed E-state index contributed by atoms with van der Waals surface area (Å²) in [7, 11) is 0. The van der Waals surface area contributed by atoms with Crippen molar-refractivity contribution >= 4 is 11.7 Å². The molecule has 1 amide bonds. The fraction of sp³-hybridized carbons (Fsp3) is 0.500. The lowest BCUT2D eigenvalue weighted by molar-refractivity contribution is 0.0914. The van der Waals surface area contributed by atoms with Gasteiger partial charge >= 0.3 is 0 Å². The number of Topliss-reactive ketones (excluding diaryl/α,β-unsaturated/α-hetero) is 1. The molecule has 0 aromatic heterocycles. The molecule has 1 aliphatic heterocycles. The minimum atomic E-state index is -0.151. The van der Waals surface area contributed by atoms with Gasteiger partial charge in [0.1, 0.15) is 12.4 Å². The molecule has 2 aliphatic carbocycles. The van der Waals surface area contributed by atoms with E-state index in [2.05, 4.69) is 5.32 Å². The Hall–Kier alpha value is -1.84. The lowest BCUT2D eigenvalue weighted by atomic mass is 9.92. The molecule has 2 fully saturated rings. The van der Waals surface area contributed by atoms with Crippen LogP contribution in [-0.2, 0) is 0 Å². The van der Waals surface area contributed by atoms with Crippen LogP contribution in [0.15, 0.2) is 18.2 Å². The number of hydrogen-bond donors (Lipinski definition) is 1. The third-order valence-electron chi connectivity index (χ3n) is 4.77. The first-order valence-corrected chi connectivity index (χ1v) is 7.31. The quantitative estimate of drug-likeness (QED) is 0.837. The molecule has 2 atom stereocenters. The van der Waals surface area contributed by atoms with E-state index in [1.54, 1.807) is 18.2 Å². The number of carbonyl (C=O) groups excluding carboxylic acids is 2. The Balaban J connectivity index is 1.62. The van der Waals surface area contributed by atoms with Crippen molar-refractivity contribution in [2.45, 2.75) is 19.3 Å². The summed E-state index contributed by atoms with van der Waals surface area (Å²) < 4.78 is 5.51. The molecule has 1 N–H and O–H groups in total. The molecule has 1 heterocycles. The van der Waals surface area contributed by atoms with Crippen molar-refractivity contribution < 1.29 is 14.3 Å². The first-order chi connectivity index (χ1) is 9.72.